The molecule has 22 heavy (non-hydrogen) atoms. The molecular weight excluding hydrogens is 276 g/mol. The zero-order valence-corrected chi connectivity index (χ0v) is 13.6. The maximum Gasteiger partial charge on any atom is 0.225 e. The molecule has 122 valence electrons. The van der Waals surface area contributed by atoms with E-state index in [4.69, 9.17) is 0 Å². The van der Waals surface area contributed by atoms with E-state index in [1.54, 1.807) is 12.4 Å². The number of carbonyl (C=O) groups is 1. The van der Waals surface area contributed by atoms with Gasteiger partial charge in [0, 0.05) is 31.4 Å². The number of nitrogens with one attached hydrogen (secondary N) is 1. The van der Waals surface area contributed by atoms with Gasteiger partial charge >= 0.3 is 0 Å². The molecule has 2 fully saturated rings. The molecule has 1 aromatic heterocycles. The summed E-state index contributed by atoms with van der Waals surface area (Å²) in [6.45, 7) is 2.76. The van der Waals surface area contributed by atoms with Crippen LogP contribution in [-0.2, 0) is 11.3 Å². The smallest absolute Gasteiger partial charge is 0.225 e. The van der Waals surface area contributed by atoms with E-state index in [1.165, 1.54) is 32.1 Å². The van der Waals surface area contributed by atoms with Crippen molar-refractivity contribution in [2.75, 3.05) is 20.1 Å². The van der Waals surface area contributed by atoms with Crippen molar-refractivity contribution in [1.82, 2.24) is 19.8 Å². The first-order valence-electron chi connectivity index (χ1n) is 8.71. The molecule has 1 aliphatic heterocycles. The van der Waals surface area contributed by atoms with Crippen molar-refractivity contribution in [2.45, 2.75) is 57.5 Å². The van der Waals surface area contributed by atoms with Crippen LogP contribution in [0.5, 0.6) is 0 Å². The fourth-order valence-electron chi connectivity index (χ4n) is 3.96. The summed E-state index contributed by atoms with van der Waals surface area (Å²) in [6.07, 6.45) is 12.4. The Hall–Kier alpha value is -1.36. The Morgan fingerprint density at radius 1 is 1.27 bits per heavy atom. The zero-order chi connectivity index (χ0) is 15.4. The Morgan fingerprint density at radius 3 is 2.64 bits per heavy atom. The second-order valence-corrected chi connectivity index (χ2v) is 6.83. The number of likely N-dealkylation sites (tertiary alicyclic amines) is 1. The van der Waals surface area contributed by atoms with Crippen molar-refractivity contribution in [3.8, 4) is 0 Å². The van der Waals surface area contributed by atoms with Gasteiger partial charge in [-0.1, -0.05) is 19.3 Å². The third-order valence-corrected chi connectivity index (χ3v) is 5.29. The molecule has 1 amide bonds. The third-order valence-electron chi connectivity index (χ3n) is 5.29. The van der Waals surface area contributed by atoms with Gasteiger partial charge < -0.3 is 14.8 Å². The molecule has 5 heteroatoms. The highest BCUT2D eigenvalue weighted by molar-refractivity contribution is 5.78. The summed E-state index contributed by atoms with van der Waals surface area (Å²) in [7, 11) is 1.89. The van der Waals surface area contributed by atoms with Crippen molar-refractivity contribution in [3.05, 3.63) is 18.2 Å². The van der Waals surface area contributed by atoms with E-state index in [0.717, 1.165) is 37.8 Å². The van der Waals surface area contributed by atoms with Crippen molar-refractivity contribution < 1.29 is 4.79 Å². The van der Waals surface area contributed by atoms with Crippen LogP contribution in [0.4, 0.5) is 0 Å². The zero-order valence-electron chi connectivity index (χ0n) is 13.6. The molecule has 1 aliphatic carbocycles. The van der Waals surface area contributed by atoms with E-state index >= 15 is 0 Å². The van der Waals surface area contributed by atoms with E-state index in [-0.39, 0.29) is 11.8 Å². The topological polar surface area (TPSA) is 52.2 Å². The van der Waals surface area contributed by atoms with Crippen LogP contribution < -0.4 is 0 Å². The predicted molar refractivity (Wildman–Crippen MR) is 86.2 cm³/mol. The van der Waals surface area contributed by atoms with Crippen molar-refractivity contribution >= 4 is 5.91 Å². The summed E-state index contributed by atoms with van der Waals surface area (Å²) in [6, 6.07) is 0.783. The van der Waals surface area contributed by atoms with Crippen LogP contribution in [0, 0.1) is 5.92 Å². The van der Waals surface area contributed by atoms with Crippen molar-refractivity contribution in [2.24, 2.45) is 5.92 Å². The molecule has 1 aromatic rings. The van der Waals surface area contributed by atoms with Gasteiger partial charge in [0.05, 0.1) is 6.54 Å². The Morgan fingerprint density at radius 2 is 2.00 bits per heavy atom. The van der Waals surface area contributed by atoms with E-state index in [9.17, 15) is 4.79 Å². The maximum atomic E-state index is 12.6. The molecule has 1 saturated heterocycles. The maximum absolute atomic E-state index is 12.6. The molecule has 1 saturated carbocycles. The number of rotatable bonds is 4. The number of aromatic amines is 1. The van der Waals surface area contributed by atoms with Gasteiger partial charge in [-0.25, -0.2) is 4.98 Å². The summed E-state index contributed by atoms with van der Waals surface area (Å²) in [4.78, 5) is 24.3. The van der Waals surface area contributed by atoms with Gasteiger partial charge in [0.1, 0.15) is 5.82 Å². The number of hydrogen-bond acceptors (Lipinski definition) is 3. The lowest BCUT2D eigenvalue weighted by atomic mass is 9.89. The molecule has 3 rings (SSSR count). The number of hydrogen-bond donors (Lipinski definition) is 1. The SMILES string of the molecule is CN(Cc1ncc[nH]1)C(=O)C1CCN(C2CCCCC2)CC1. The summed E-state index contributed by atoms with van der Waals surface area (Å²) in [5.74, 6) is 1.33. The highest BCUT2D eigenvalue weighted by atomic mass is 16.2. The number of amides is 1. The lowest BCUT2D eigenvalue weighted by Crippen LogP contribution is -2.45. The number of carbonyl (C=O) groups excluding carboxylic acids is 1. The van der Waals surface area contributed by atoms with Gasteiger partial charge in [-0.3, -0.25) is 4.79 Å². The minimum absolute atomic E-state index is 0.194. The molecule has 0 bridgehead atoms. The first kappa shape index (κ1) is 15.5. The molecule has 0 radical (unpaired) electrons. The standard InChI is InChI=1S/C17H28N4O/c1-20(13-16-18-9-10-19-16)17(22)14-7-11-21(12-8-14)15-5-3-2-4-6-15/h9-10,14-15H,2-8,11-13H2,1H3,(H,18,19). The van der Waals surface area contributed by atoms with E-state index in [0.29, 0.717) is 6.54 Å². The summed E-state index contributed by atoms with van der Waals surface area (Å²) >= 11 is 0. The number of aromatic nitrogens is 2. The average Bonchev–Trinajstić information content (AvgIpc) is 3.08. The second-order valence-electron chi connectivity index (χ2n) is 6.83. The van der Waals surface area contributed by atoms with E-state index < -0.39 is 0 Å². The second kappa shape index (κ2) is 7.27. The van der Waals surface area contributed by atoms with Crippen LogP contribution in [0.3, 0.4) is 0 Å². The van der Waals surface area contributed by atoms with Gasteiger partial charge in [-0.05, 0) is 38.8 Å². The van der Waals surface area contributed by atoms with Crippen LogP contribution >= 0.6 is 0 Å². The Balaban J connectivity index is 1.46. The number of piperidine rings is 1. The summed E-state index contributed by atoms with van der Waals surface area (Å²) in [5, 5.41) is 0. The highest BCUT2D eigenvalue weighted by Crippen LogP contribution is 2.27. The van der Waals surface area contributed by atoms with Crippen molar-refractivity contribution in [1.29, 1.82) is 0 Å². The van der Waals surface area contributed by atoms with Crippen LogP contribution in [0.15, 0.2) is 12.4 Å². The molecular formula is C17H28N4O. The first-order chi connectivity index (χ1) is 10.7. The van der Waals surface area contributed by atoms with Gasteiger partial charge in [-0.15, -0.1) is 0 Å². The largest absolute Gasteiger partial charge is 0.347 e. The van der Waals surface area contributed by atoms with Gasteiger partial charge in [0.15, 0.2) is 0 Å². The first-order valence-corrected chi connectivity index (χ1v) is 8.71. The molecule has 2 heterocycles. The minimum atomic E-state index is 0.194. The predicted octanol–water partition coefficient (Wildman–Crippen LogP) is 2.41. The molecule has 5 nitrogen and oxygen atoms in total. The molecule has 1 N–H and O–H groups in total. The monoisotopic (exact) mass is 304 g/mol. The van der Waals surface area contributed by atoms with E-state index in [2.05, 4.69) is 14.9 Å². The van der Waals surface area contributed by atoms with Crippen LogP contribution in [-0.4, -0.2) is 51.9 Å². The number of nitrogens with zero attached hydrogens (tertiary/aromatic N) is 3. The van der Waals surface area contributed by atoms with Gasteiger partial charge in [-0.2, -0.15) is 0 Å². The number of H-pyrrole nitrogens is 1. The highest BCUT2D eigenvalue weighted by Gasteiger charge is 2.30. The molecule has 0 atom stereocenters. The molecule has 0 spiro atoms. The van der Waals surface area contributed by atoms with Crippen LogP contribution in [0.1, 0.15) is 50.8 Å². The lowest BCUT2D eigenvalue weighted by Gasteiger charge is -2.39. The van der Waals surface area contributed by atoms with Crippen molar-refractivity contribution in [3.63, 3.8) is 0 Å². The minimum Gasteiger partial charge on any atom is -0.347 e. The van der Waals surface area contributed by atoms with Crippen LogP contribution in [0.25, 0.3) is 0 Å². The summed E-state index contributed by atoms with van der Waals surface area (Å²) < 4.78 is 0. The number of imidazole rings is 1. The average molecular weight is 304 g/mol. The molecule has 2 aliphatic rings. The van der Waals surface area contributed by atoms with E-state index in [1.807, 2.05) is 11.9 Å². The fourth-order valence-corrected chi connectivity index (χ4v) is 3.96. The Kier molecular flexibility index (Phi) is 5.13. The van der Waals surface area contributed by atoms with Gasteiger partial charge in [0.2, 0.25) is 5.91 Å². The Bertz CT molecular complexity index is 459. The Labute approximate surface area is 133 Å². The molecule has 0 unspecified atom stereocenters. The fraction of sp³-hybridized carbons (Fsp3) is 0.765. The molecule has 0 aromatic carbocycles. The van der Waals surface area contributed by atoms with Gasteiger partial charge in [0.25, 0.3) is 0 Å². The van der Waals surface area contributed by atoms with Crippen LogP contribution in [0.2, 0.25) is 0 Å². The summed E-state index contributed by atoms with van der Waals surface area (Å²) in [5.41, 5.74) is 0. The normalized spacial score (nSPS) is 21.9. The lowest BCUT2D eigenvalue weighted by molar-refractivity contribution is -0.136. The third kappa shape index (κ3) is 3.69. The quantitative estimate of drug-likeness (QED) is 0.929.